The van der Waals surface area contributed by atoms with Gasteiger partial charge in [0.05, 0.1) is 0 Å². The van der Waals surface area contributed by atoms with Gasteiger partial charge in [0, 0.05) is 30.4 Å². The van der Waals surface area contributed by atoms with Gasteiger partial charge in [0.15, 0.2) is 5.69 Å². The van der Waals surface area contributed by atoms with Crippen LogP contribution in [0.25, 0.3) is 0 Å². The van der Waals surface area contributed by atoms with E-state index >= 15 is 0 Å². The van der Waals surface area contributed by atoms with E-state index in [-0.39, 0.29) is 45.6 Å². The van der Waals surface area contributed by atoms with E-state index in [1.165, 1.54) is 55.1 Å². The first kappa shape index (κ1) is 24.9. The van der Waals surface area contributed by atoms with Crippen LogP contribution in [0.2, 0.25) is 0 Å². The lowest BCUT2D eigenvalue weighted by Crippen LogP contribution is -2.25. The SMILES string of the molecule is CCCNS(=O)(=O)c1cc(NC(=O)c2cccc(F)c2)ccc1Oc1c(C)c(C(=O)O)nn1C. The highest BCUT2D eigenvalue weighted by atomic mass is 32.2. The highest BCUT2D eigenvalue weighted by molar-refractivity contribution is 7.89. The fraction of sp³-hybridized carbons (Fsp3) is 0.227. The summed E-state index contributed by atoms with van der Waals surface area (Å²) in [6.07, 6.45) is 0.536. The number of carbonyl (C=O) groups excluding carboxylic acids is 1. The molecule has 0 saturated carbocycles. The average Bonchev–Trinajstić information content (AvgIpc) is 3.07. The van der Waals surface area contributed by atoms with Gasteiger partial charge in [0.2, 0.25) is 15.9 Å². The number of ether oxygens (including phenoxy) is 1. The maximum absolute atomic E-state index is 13.5. The number of benzene rings is 2. The number of amides is 1. The molecule has 10 nitrogen and oxygen atoms in total. The smallest absolute Gasteiger partial charge is 0.356 e. The molecule has 0 aliphatic carbocycles. The van der Waals surface area contributed by atoms with E-state index in [0.717, 1.165) is 6.07 Å². The Kier molecular flexibility index (Phi) is 7.32. The first-order valence-electron chi connectivity index (χ1n) is 10.2. The van der Waals surface area contributed by atoms with Crippen LogP contribution in [0.4, 0.5) is 10.1 Å². The Balaban J connectivity index is 2.01. The molecule has 0 radical (unpaired) electrons. The summed E-state index contributed by atoms with van der Waals surface area (Å²) >= 11 is 0. The number of hydrogen-bond donors (Lipinski definition) is 3. The Labute approximate surface area is 195 Å². The second-order valence-electron chi connectivity index (χ2n) is 7.33. The van der Waals surface area contributed by atoms with Gasteiger partial charge >= 0.3 is 5.97 Å². The lowest BCUT2D eigenvalue weighted by molar-refractivity contribution is 0.0688. The number of nitrogens with zero attached hydrogens (tertiary/aromatic N) is 2. The van der Waals surface area contributed by atoms with Crippen LogP contribution in [0.1, 0.15) is 39.8 Å². The third-order valence-electron chi connectivity index (χ3n) is 4.75. The molecule has 0 atom stereocenters. The molecule has 0 spiro atoms. The number of carboxylic acid groups (broad SMARTS) is 1. The summed E-state index contributed by atoms with van der Waals surface area (Å²) in [4.78, 5) is 23.6. The molecule has 3 N–H and O–H groups in total. The van der Waals surface area contributed by atoms with Crippen molar-refractivity contribution in [2.24, 2.45) is 7.05 Å². The lowest BCUT2D eigenvalue weighted by atomic mass is 10.2. The Morgan fingerprint density at radius 1 is 1.21 bits per heavy atom. The molecule has 1 heterocycles. The summed E-state index contributed by atoms with van der Waals surface area (Å²) in [5, 5.41) is 15.7. The predicted octanol–water partition coefficient (Wildman–Crippen LogP) is 3.30. The van der Waals surface area contributed by atoms with Gasteiger partial charge in [-0.3, -0.25) is 4.79 Å². The quantitative estimate of drug-likeness (QED) is 0.418. The van der Waals surface area contributed by atoms with Crippen molar-refractivity contribution in [1.82, 2.24) is 14.5 Å². The molecular weight excluding hydrogens is 467 g/mol. The molecule has 34 heavy (non-hydrogen) atoms. The number of carbonyl (C=O) groups is 2. The van der Waals surface area contributed by atoms with E-state index in [0.29, 0.717) is 6.42 Å². The molecule has 1 aromatic heterocycles. The molecule has 0 unspecified atom stereocenters. The van der Waals surface area contributed by atoms with Crippen molar-refractivity contribution in [1.29, 1.82) is 0 Å². The van der Waals surface area contributed by atoms with Crippen LogP contribution in [0.3, 0.4) is 0 Å². The summed E-state index contributed by atoms with van der Waals surface area (Å²) in [6.45, 7) is 3.44. The lowest BCUT2D eigenvalue weighted by Gasteiger charge is -2.15. The van der Waals surface area contributed by atoms with E-state index in [9.17, 15) is 27.5 Å². The van der Waals surface area contributed by atoms with E-state index in [1.54, 1.807) is 6.92 Å². The van der Waals surface area contributed by atoms with Crippen molar-refractivity contribution >= 4 is 27.6 Å². The highest BCUT2D eigenvalue weighted by Gasteiger charge is 2.25. The third kappa shape index (κ3) is 5.41. The van der Waals surface area contributed by atoms with Crippen LogP contribution >= 0.6 is 0 Å². The minimum atomic E-state index is -4.07. The molecular formula is C22H23FN4O6S. The standard InChI is InChI=1S/C22H23FN4O6S/c1-4-10-24-34(31,32)18-12-16(25-20(28)14-6-5-7-15(23)11-14)8-9-17(18)33-21-13(2)19(22(29)30)26-27(21)3/h5-9,11-12,24H,4,10H2,1-3H3,(H,25,28)(H,29,30). The largest absolute Gasteiger partial charge is 0.476 e. The summed E-state index contributed by atoms with van der Waals surface area (Å²) in [5.74, 6) is -2.53. The van der Waals surface area contributed by atoms with Crippen molar-refractivity contribution in [2.75, 3.05) is 11.9 Å². The number of aromatic nitrogens is 2. The van der Waals surface area contributed by atoms with Crippen LogP contribution in [-0.2, 0) is 17.1 Å². The Morgan fingerprint density at radius 3 is 2.56 bits per heavy atom. The minimum absolute atomic E-state index is 0.0425. The Hall–Kier alpha value is -3.77. The van der Waals surface area contributed by atoms with Crippen molar-refractivity contribution in [3.63, 3.8) is 0 Å². The van der Waals surface area contributed by atoms with Gasteiger partial charge in [0.1, 0.15) is 16.5 Å². The number of halogens is 1. The Morgan fingerprint density at radius 2 is 1.94 bits per heavy atom. The second kappa shape index (κ2) is 10.0. The van der Waals surface area contributed by atoms with E-state index in [2.05, 4.69) is 15.1 Å². The molecule has 0 aliphatic rings. The number of rotatable bonds is 9. The fourth-order valence-corrected chi connectivity index (χ4v) is 4.38. The number of carboxylic acids is 1. The number of aromatic carboxylic acids is 1. The number of sulfonamides is 1. The molecule has 0 saturated heterocycles. The van der Waals surface area contributed by atoms with Gasteiger partial charge in [-0.2, -0.15) is 5.10 Å². The second-order valence-corrected chi connectivity index (χ2v) is 9.07. The molecule has 0 fully saturated rings. The van der Waals surface area contributed by atoms with Gasteiger partial charge in [-0.05, 0) is 49.7 Å². The third-order valence-corrected chi connectivity index (χ3v) is 6.23. The zero-order valence-corrected chi connectivity index (χ0v) is 19.4. The number of aryl methyl sites for hydroxylation is 1. The van der Waals surface area contributed by atoms with Gasteiger partial charge in [-0.25, -0.2) is 27.0 Å². The van der Waals surface area contributed by atoms with Gasteiger partial charge in [0.25, 0.3) is 5.91 Å². The summed E-state index contributed by atoms with van der Waals surface area (Å²) in [6, 6.07) is 8.99. The predicted molar refractivity (Wildman–Crippen MR) is 121 cm³/mol. The monoisotopic (exact) mass is 490 g/mol. The van der Waals surface area contributed by atoms with Gasteiger partial charge in [-0.15, -0.1) is 0 Å². The zero-order valence-electron chi connectivity index (χ0n) is 18.6. The Bertz CT molecular complexity index is 1350. The number of hydrogen-bond acceptors (Lipinski definition) is 6. The zero-order chi connectivity index (χ0) is 25.0. The summed E-state index contributed by atoms with van der Waals surface area (Å²) in [7, 11) is -2.61. The molecule has 3 aromatic rings. The van der Waals surface area contributed by atoms with E-state index in [1.807, 2.05) is 0 Å². The first-order valence-corrected chi connectivity index (χ1v) is 11.7. The minimum Gasteiger partial charge on any atom is -0.476 e. The first-order chi connectivity index (χ1) is 16.0. The molecule has 180 valence electrons. The fourth-order valence-electron chi connectivity index (χ4n) is 3.09. The summed E-state index contributed by atoms with van der Waals surface area (Å²) < 4.78 is 48.8. The van der Waals surface area contributed by atoms with Crippen molar-refractivity contribution in [2.45, 2.75) is 25.2 Å². The van der Waals surface area contributed by atoms with Crippen molar-refractivity contribution in [3.05, 3.63) is 65.1 Å². The normalized spacial score (nSPS) is 11.3. The maximum Gasteiger partial charge on any atom is 0.356 e. The van der Waals surface area contributed by atoms with Crippen LogP contribution in [-0.4, -0.2) is 41.7 Å². The van der Waals surface area contributed by atoms with Crippen molar-refractivity contribution < 1.29 is 32.2 Å². The van der Waals surface area contributed by atoms with Gasteiger partial charge < -0.3 is 15.2 Å². The maximum atomic E-state index is 13.5. The average molecular weight is 491 g/mol. The van der Waals surface area contributed by atoms with Crippen LogP contribution in [0.15, 0.2) is 47.4 Å². The molecule has 3 rings (SSSR count). The van der Waals surface area contributed by atoms with Crippen LogP contribution < -0.4 is 14.8 Å². The molecule has 2 aromatic carbocycles. The molecule has 1 amide bonds. The van der Waals surface area contributed by atoms with Gasteiger partial charge in [-0.1, -0.05) is 13.0 Å². The molecule has 0 aliphatic heterocycles. The van der Waals surface area contributed by atoms with Crippen LogP contribution in [0, 0.1) is 12.7 Å². The highest BCUT2D eigenvalue weighted by Crippen LogP contribution is 2.33. The molecule has 12 heteroatoms. The number of anilines is 1. The molecule has 0 bridgehead atoms. The van der Waals surface area contributed by atoms with E-state index < -0.39 is 27.7 Å². The van der Waals surface area contributed by atoms with Crippen LogP contribution in [0.5, 0.6) is 11.6 Å². The topological polar surface area (TPSA) is 140 Å². The van der Waals surface area contributed by atoms with Crippen molar-refractivity contribution in [3.8, 4) is 11.6 Å². The number of nitrogens with one attached hydrogen (secondary N) is 2. The van der Waals surface area contributed by atoms with E-state index in [4.69, 9.17) is 4.74 Å². The summed E-state index contributed by atoms with van der Waals surface area (Å²) in [5.41, 5.74) is 0.167.